The predicted octanol–water partition coefficient (Wildman–Crippen LogP) is 2.41. The number of rotatable bonds is 5. The minimum absolute atomic E-state index is 0.137. The lowest BCUT2D eigenvalue weighted by Gasteiger charge is -2.20. The van der Waals surface area contributed by atoms with Crippen molar-refractivity contribution in [3.05, 3.63) is 29.8 Å². The van der Waals surface area contributed by atoms with Crippen molar-refractivity contribution < 1.29 is 19.4 Å². The van der Waals surface area contributed by atoms with Crippen LogP contribution in [0, 0.1) is 5.41 Å². The molecule has 2 rings (SSSR count). The van der Waals surface area contributed by atoms with Gasteiger partial charge in [0.25, 0.3) is 5.91 Å². The number of likely N-dealkylation sites (tertiary alicyclic amines) is 1. The molecule has 0 saturated carbocycles. The smallest absolute Gasteiger partial charge is 0.311 e. The standard InChI is InChI=1S/C16H21NO4/c1-3-9-21-13-6-4-5-12(10-13)14(18)17-8-7-16(2,11-17)15(19)20/h4-6,10H,3,7-9,11H2,1-2H3,(H,19,20)/t16-/m1/s1. The Morgan fingerprint density at radius 3 is 2.81 bits per heavy atom. The number of hydrogen-bond acceptors (Lipinski definition) is 3. The maximum atomic E-state index is 12.5. The molecule has 1 saturated heterocycles. The molecule has 114 valence electrons. The molecule has 0 aromatic heterocycles. The zero-order valence-corrected chi connectivity index (χ0v) is 12.5. The molecule has 1 fully saturated rings. The molecule has 5 heteroatoms. The molecule has 1 amide bonds. The van der Waals surface area contributed by atoms with Gasteiger partial charge in [0.15, 0.2) is 0 Å². The van der Waals surface area contributed by atoms with Gasteiger partial charge in [-0.3, -0.25) is 9.59 Å². The van der Waals surface area contributed by atoms with Gasteiger partial charge in [-0.2, -0.15) is 0 Å². The number of carbonyl (C=O) groups excluding carboxylic acids is 1. The molecule has 1 aliphatic rings. The lowest BCUT2D eigenvalue weighted by atomic mass is 9.90. The van der Waals surface area contributed by atoms with Gasteiger partial charge in [0.05, 0.1) is 12.0 Å². The Morgan fingerprint density at radius 1 is 1.43 bits per heavy atom. The Labute approximate surface area is 124 Å². The fraction of sp³-hybridized carbons (Fsp3) is 0.500. The van der Waals surface area contributed by atoms with Gasteiger partial charge in [0, 0.05) is 18.7 Å². The van der Waals surface area contributed by atoms with Crippen molar-refractivity contribution in [1.82, 2.24) is 4.90 Å². The number of nitrogens with zero attached hydrogens (tertiary/aromatic N) is 1. The molecule has 1 aromatic carbocycles. The van der Waals surface area contributed by atoms with Crippen LogP contribution in [0.25, 0.3) is 0 Å². The highest BCUT2D eigenvalue weighted by Crippen LogP contribution is 2.31. The summed E-state index contributed by atoms with van der Waals surface area (Å²) >= 11 is 0. The van der Waals surface area contributed by atoms with Crippen molar-refractivity contribution in [3.8, 4) is 5.75 Å². The Morgan fingerprint density at radius 2 is 2.19 bits per heavy atom. The first kappa shape index (κ1) is 15.4. The van der Waals surface area contributed by atoms with Crippen LogP contribution in [-0.2, 0) is 4.79 Å². The third kappa shape index (κ3) is 3.35. The fourth-order valence-electron chi connectivity index (χ4n) is 2.43. The van der Waals surface area contributed by atoms with Crippen molar-refractivity contribution in [2.24, 2.45) is 5.41 Å². The summed E-state index contributed by atoms with van der Waals surface area (Å²) in [4.78, 5) is 25.3. The molecule has 5 nitrogen and oxygen atoms in total. The van der Waals surface area contributed by atoms with Gasteiger partial charge in [-0.15, -0.1) is 0 Å². The van der Waals surface area contributed by atoms with Crippen LogP contribution in [0.3, 0.4) is 0 Å². The van der Waals surface area contributed by atoms with Crippen LogP contribution in [0.1, 0.15) is 37.0 Å². The Kier molecular flexibility index (Phi) is 4.50. The van der Waals surface area contributed by atoms with Crippen LogP contribution in [0.2, 0.25) is 0 Å². The van der Waals surface area contributed by atoms with E-state index in [1.54, 1.807) is 30.0 Å². The lowest BCUT2D eigenvalue weighted by molar-refractivity contribution is -0.147. The lowest BCUT2D eigenvalue weighted by Crippen LogP contribution is -2.34. The zero-order valence-electron chi connectivity index (χ0n) is 12.5. The normalized spacial score (nSPS) is 21.3. The summed E-state index contributed by atoms with van der Waals surface area (Å²) in [6, 6.07) is 7.05. The number of ether oxygens (including phenoxy) is 1. The van der Waals surface area contributed by atoms with E-state index in [1.807, 2.05) is 13.0 Å². The Hall–Kier alpha value is -2.04. The fourth-order valence-corrected chi connectivity index (χ4v) is 2.43. The molecular weight excluding hydrogens is 270 g/mol. The van der Waals surface area contributed by atoms with Crippen LogP contribution >= 0.6 is 0 Å². The van der Waals surface area contributed by atoms with Crippen LogP contribution in [0.5, 0.6) is 5.75 Å². The Bertz CT molecular complexity index is 543. The van der Waals surface area contributed by atoms with E-state index in [4.69, 9.17) is 4.74 Å². The molecule has 1 heterocycles. The summed E-state index contributed by atoms with van der Waals surface area (Å²) in [6.45, 7) is 5.04. The number of carbonyl (C=O) groups is 2. The van der Waals surface area contributed by atoms with Gasteiger partial charge in [-0.25, -0.2) is 0 Å². The maximum Gasteiger partial charge on any atom is 0.311 e. The van der Waals surface area contributed by atoms with E-state index in [1.165, 1.54) is 0 Å². The van der Waals surface area contributed by atoms with Crippen molar-refractivity contribution >= 4 is 11.9 Å². The first-order chi connectivity index (χ1) is 9.96. The monoisotopic (exact) mass is 291 g/mol. The second-order valence-corrected chi connectivity index (χ2v) is 5.72. The summed E-state index contributed by atoms with van der Waals surface area (Å²) in [6.07, 6.45) is 1.39. The molecule has 1 aromatic rings. The number of amides is 1. The predicted molar refractivity (Wildman–Crippen MR) is 78.5 cm³/mol. The van der Waals surface area contributed by atoms with E-state index in [2.05, 4.69) is 0 Å². The number of hydrogen-bond donors (Lipinski definition) is 1. The van der Waals surface area contributed by atoms with Crippen LogP contribution in [0.4, 0.5) is 0 Å². The SMILES string of the molecule is CCCOc1cccc(C(=O)N2CC[C@@](C)(C(=O)O)C2)c1. The second kappa shape index (κ2) is 6.16. The summed E-state index contributed by atoms with van der Waals surface area (Å²) in [5.41, 5.74) is -0.301. The van der Waals surface area contributed by atoms with Crippen LogP contribution in [0.15, 0.2) is 24.3 Å². The first-order valence-electron chi connectivity index (χ1n) is 7.22. The summed E-state index contributed by atoms with van der Waals surface area (Å²) < 4.78 is 5.52. The van der Waals surface area contributed by atoms with Crippen molar-refractivity contribution in [3.63, 3.8) is 0 Å². The summed E-state index contributed by atoms with van der Waals surface area (Å²) in [7, 11) is 0. The molecule has 1 aliphatic heterocycles. The highest BCUT2D eigenvalue weighted by molar-refractivity contribution is 5.95. The van der Waals surface area contributed by atoms with E-state index in [0.717, 1.165) is 6.42 Å². The van der Waals surface area contributed by atoms with Gasteiger partial charge in [0.2, 0.25) is 0 Å². The van der Waals surface area contributed by atoms with Crippen molar-refractivity contribution in [2.75, 3.05) is 19.7 Å². The second-order valence-electron chi connectivity index (χ2n) is 5.72. The van der Waals surface area contributed by atoms with E-state index < -0.39 is 11.4 Å². The van der Waals surface area contributed by atoms with E-state index in [9.17, 15) is 14.7 Å². The van der Waals surface area contributed by atoms with Gasteiger partial charge in [-0.05, 0) is 38.0 Å². The largest absolute Gasteiger partial charge is 0.494 e. The molecular formula is C16H21NO4. The highest BCUT2D eigenvalue weighted by atomic mass is 16.5. The number of carboxylic acids is 1. The van der Waals surface area contributed by atoms with Crippen LogP contribution < -0.4 is 4.74 Å². The first-order valence-corrected chi connectivity index (χ1v) is 7.22. The molecule has 0 unspecified atom stereocenters. The minimum atomic E-state index is -0.849. The molecule has 1 atom stereocenters. The topological polar surface area (TPSA) is 66.8 Å². The van der Waals surface area contributed by atoms with E-state index >= 15 is 0 Å². The van der Waals surface area contributed by atoms with Gasteiger partial charge < -0.3 is 14.7 Å². The molecule has 21 heavy (non-hydrogen) atoms. The molecule has 0 radical (unpaired) electrons. The highest BCUT2D eigenvalue weighted by Gasteiger charge is 2.42. The average Bonchev–Trinajstić information content (AvgIpc) is 2.88. The number of benzene rings is 1. The van der Waals surface area contributed by atoms with E-state index in [0.29, 0.717) is 30.9 Å². The number of aliphatic carboxylic acids is 1. The molecule has 1 N–H and O–H groups in total. The minimum Gasteiger partial charge on any atom is -0.494 e. The summed E-state index contributed by atoms with van der Waals surface area (Å²) in [5.74, 6) is -0.317. The van der Waals surface area contributed by atoms with E-state index in [-0.39, 0.29) is 12.5 Å². The van der Waals surface area contributed by atoms with Crippen molar-refractivity contribution in [1.29, 1.82) is 0 Å². The van der Waals surface area contributed by atoms with Gasteiger partial charge >= 0.3 is 5.97 Å². The third-order valence-corrected chi connectivity index (χ3v) is 3.83. The number of carboxylic acid groups (broad SMARTS) is 1. The average molecular weight is 291 g/mol. The zero-order chi connectivity index (χ0) is 15.5. The van der Waals surface area contributed by atoms with Gasteiger partial charge in [-0.1, -0.05) is 13.0 Å². The Balaban J connectivity index is 2.09. The molecule has 0 bridgehead atoms. The molecule has 0 aliphatic carbocycles. The maximum absolute atomic E-state index is 12.5. The van der Waals surface area contributed by atoms with Crippen molar-refractivity contribution in [2.45, 2.75) is 26.7 Å². The molecule has 0 spiro atoms. The van der Waals surface area contributed by atoms with Gasteiger partial charge in [0.1, 0.15) is 5.75 Å². The third-order valence-electron chi connectivity index (χ3n) is 3.83. The summed E-state index contributed by atoms with van der Waals surface area (Å²) in [5, 5.41) is 9.23. The van der Waals surface area contributed by atoms with Crippen LogP contribution in [-0.4, -0.2) is 41.6 Å². The quantitative estimate of drug-likeness (QED) is 0.904.